The molecular formula is C70H135NO5. The quantitative estimate of drug-likeness (QED) is 0.0320. The van der Waals surface area contributed by atoms with Gasteiger partial charge in [-0.05, 0) is 77.0 Å². The maximum absolute atomic E-state index is 12.4. The first-order chi connectivity index (χ1) is 37.5. The molecule has 0 spiro atoms. The van der Waals surface area contributed by atoms with E-state index >= 15 is 0 Å². The topological polar surface area (TPSA) is 95.9 Å². The van der Waals surface area contributed by atoms with Gasteiger partial charge in [0, 0.05) is 12.8 Å². The van der Waals surface area contributed by atoms with E-state index < -0.39 is 12.1 Å². The van der Waals surface area contributed by atoms with E-state index in [1.165, 1.54) is 308 Å². The van der Waals surface area contributed by atoms with E-state index in [1.807, 2.05) is 0 Å². The Labute approximate surface area is 475 Å². The highest BCUT2D eigenvalue weighted by atomic mass is 16.5. The lowest BCUT2D eigenvalue weighted by Gasteiger charge is -2.22. The molecule has 6 nitrogen and oxygen atoms in total. The second-order valence-electron chi connectivity index (χ2n) is 23.9. The zero-order valence-corrected chi connectivity index (χ0v) is 51.5. The molecule has 0 heterocycles. The van der Waals surface area contributed by atoms with Gasteiger partial charge in [-0.15, -0.1) is 0 Å². The molecule has 0 aliphatic carbocycles. The van der Waals surface area contributed by atoms with Crippen LogP contribution in [0.3, 0.4) is 0 Å². The Bertz CT molecular complexity index is 1190. The number of unbranched alkanes of at least 4 members (excludes halogenated alkanes) is 50. The molecule has 2 atom stereocenters. The van der Waals surface area contributed by atoms with Crippen LogP contribution in [-0.2, 0) is 14.3 Å². The first kappa shape index (κ1) is 74.3. The largest absolute Gasteiger partial charge is 0.466 e. The molecule has 0 fully saturated rings. The number of carbonyl (C=O) groups excluding carboxylic acids is 2. The van der Waals surface area contributed by atoms with Gasteiger partial charge in [0.15, 0.2) is 0 Å². The van der Waals surface area contributed by atoms with Crippen molar-refractivity contribution in [1.82, 2.24) is 5.32 Å². The smallest absolute Gasteiger partial charge is 0.305 e. The average molecular weight is 1070 g/mol. The van der Waals surface area contributed by atoms with Crippen molar-refractivity contribution in [2.24, 2.45) is 0 Å². The first-order valence-corrected chi connectivity index (χ1v) is 34.6. The fourth-order valence-electron chi connectivity index (χ4n) is 10.9. The third-order valence-corrected chi connectivity index (χ3v) is 16.2. The summed E-state index contributed by atoms with van der Waals surface area (Å²) >= 11 is 0. The summed E-state index contributed by atoms with van der Waals surface area (Å²) in [7, 11) is 0. The standard InChI is InChI=1S/C70H135NO5/c1-3-5-7-9-11-13-15-44-48-52-56-60-64-70(75)76-65-61-57-53-49-45-42-40-38-36-34-32-30-28-26-24-22-20-18-16-17-19-21-23-25-27-29-31-33-35-37-39-41-43-47-51-55-59-63-69(74)71-67(66-72)68(73)62-58-54-50-46-14-12-10-8-6-4-2/h11,13,16,18,67-68,72-73H,3-10,12,14-15,17,19-66H2,1-2H3,(H,71,74)/b13-11-,18-16-. The van der Waals surface area contributed by atoms with Gasteiger partial charge in [0.25, 0.3) is 0 Å². The molecule has 0 rings (SSSR count). The molecule has 450 valence electrons. The van der Waals surface area contributed by atoms with E-state index in [4.69, 9.17) is 4.74 Å². The summed E-state index contributed by atoms with van der Waals surface area (Å²) in [5.74, 6) is -0.0193. The monoisotopic (exact) mass is 1070 g/mol. The number of hydrogen-bond donors (Lipinski definition) is 3. The third-order valence-electron chi connectivity index (χ3n) is 16.2. The van der Waals surface area contributed by atoms with E-state index in [1.54, 1.807) is 0 Å². The van der Waals surface area contributed by atoms with Crippen LogP contribution >= 0.6 is 0 Å². The van der Waals surface area contributed by atoms with Gasteiger partial charge < -0.3 is 20.3 Å². The number of allylic oxidation sites excluding steroid dienone is 4. The third kappa shape index (κ3) is 61.6. The molecule has 1 amide bonds. The highest BCUT2D eigenvalue weighted by molar-refractivity contribution is 5.76. The number of nitrogens with one attached hydrogen (secondary N) is 1. The minimum atomic E-state index is -0.659. The fraction of sp³-hybridized carbons (Fsp3) is 0.914. The number of aliphatic hydroxyl groups excluding tert-OH is 2. The summed E-state index contributed by atoms with van der Waals surface area (Å²) < 4.78 is 5.48. The summed E-state index contributed by atoms with van der Waals surface area (Å²) in [5.41, 5.74) is 0. The number of amides is 1. The summed E-state index contributed by atoms with van der Waals surface area (Å²) in [4.78, 5) is 24.5. The minimum absolute atomic E-state index is 0.0116. The average Bonchev–Trinajstić information content (AvgIpc) is 3.42. The molecule has 6 heteroatoms. The van der Waals surface area contributed by atoms with Gasteiger partial charge in [-0.3, -0.25) is 9.59 Å². The van der Waals surface area contributed by atoms with Crippen LogP contribution < -0.4 is 5.32 Å². The second-order valence-corrected chi connectivity index (χ2v) is 23.9. The maximum Gasteiger partial charge on any atom is 0.305 e. The van der Waals surface area contributed by atoms with E-state index in [-0.39, 0.29) is 18.5 Å². The van der Waals surface area contributed by atoms with Crippen molar-refractivity contribution in [2.45, 2.75) is 398 Å². The van der Waals surface area contributed by atoms with E-state index in [2.05, 4.69) is 43.5 Å². The van der Waals surface area contributed by atoms with Gasteiger partial charge in [-0.2, -0.15) is 0 Å². The lowest BCUT2D eigenvalue weighted by atomic mass is 10.0. The van der Waals surface area contributed by atoms with E-state index in [0.29, 0.717) is 25.9 Å². The molecule has 0 saturated carbocycles. The molecule has 0 saturated heterocycles. The normalized spacial score (nSPS) is 12.6. The van der Waals surface area contributed by atoms with Crippen molar-refractivity contribution in [3.8, 4) is 0 Å². The number of hydrogen-bond acceptors (Lipinski definition) is 5. The van der Waals surface area contributed by atoms with Crippen molar-refractivity contribution in [3.05, 3.63) is 24.3 Å². The van der Waals surface area contributed by atoms with Gasteiger partial charge in [-0.1, -0.05) is 321 Å². The molecule has 2 unspecified atom stereocenters. The summed E-state index contributed by atoms with van der Waals surface area (Å²) in [6.45, 7) is 4.94. The Morgan fingerprint density at radius 3 is 0.961 bits per heavy atom. The molecule has 0 aliphatic heterocycles. The molecule has 3 N–H and O–H groups in total. The number of rotatable bonds is 65. The van der Waals surface area contributed by atoms with Crippen LogP contribution in [0.1, 0.15) is 386 Å². The predicted molar refractivity (Wildman–Crippen MR) is 333 cm³/mol. The highest BCUT2D eigenvalue weighted by Crippen LogP contribution is 2.19. The molecule has 76 heavy (non-hydrogen) atoms. The maximum atomic E-state index is 12.4. The van der Waals surface area contributed by atoms with Crippen LogP contribution in [-0.4, -0.2) is 47.4 Å². The van der Waals surface area contributed by atoms with Gasteiger partial charge in [-0.25, -0.2) is 0 Å². The van der Waals surface area contributed by atoms with E-state index in [0.717, 1.165) is 44.9 Å². The van der Waals surface area contributed by atoms with Crippen molar-refractivity contribution >= 4 is 11.9 Å². The van der Waals surface area contributed by atoms with Crippen LogP contribution in [0.2, 0.25) is 0 Å². The van der Waals surface area contributed by atoms with Crippen LogP contribution in [0.25, 0.3) is 0 Å². The van der Waals surface area contributed by atoms with Crippen LogP contribution in [0.15, 0.2) is 24.3 Å². The molecule has 0 aromatic rings. The molecule has 0 aliphatic rings. The number of carbonyl (C=O) groups is 2. The fourth-order valence-corrected chi connectivity index (χ4v) is 10.9. The van der Waals surface area contributed by atoms with Crippen molar-refractivity contribution in [2.75, 3.05) is 13.2 Å². The van der Waals surface area contributed by atoms with Crippen molar-refractivity contribution in [1.29, 1.82) is 0 Å². The lowest BCUT2D eigenvalue weighted by Crippen LogP contribution is -2.45. The summed E-state index contributed by atoms with van der Waals surface area (Å²) in [6.07, 6.45) is 82.5. The highest BCUT2D eigenvalue weighted by Gasteiger charge is 2.20. The van der Waals surface area contributed by atoms with Gasteiger partial charge in [0.2, 0.25) is 5.91 Å². The number of esters is 1. The lowest BCUT2D eigenvalue weighted by molar-refractivity contribution is -0.143. The van der Waals surface area contributed by atoms with Gasteiger partial charge >= 0.3 is 5.97 Å². The molecule has 0 aromatic heterocycles. The zero-order chi connectivity index (χ0) is 55.0. The molecular weight excluding hydrogens is 935 g/mol. The van der Waals surface area contributed by atoms with E-state index in [9.17, 15) is 19.8 Å². The Morgan fingerprint density at radius 2 is 0.618 bits per heavy atom. The first-order valence-electron chi connectivity index (χ1n) is 34.6. The Balaban J connectivity index is 3.30. The van der Waals surface area contributed by atoms with Gasteiger partial charge in [0.1, 0.15) is 0 Å². The minimum Gasteiger partial charge on any atom is -0.466 e. The van der Waals surface area contributed by atoms with Crippen molar-refractivity contribution < 1.29 is 24.5 Å². The van der Waals surface area contributed by atoms with Crippen LogP contribution in [0.5, 0.6) is 0 Å². The van der Waals surface area contributed by atoms with Crippen LogP contribution in [0.4, 0.5) is 0 Å². The SMILES string of the molecule is CCCCC/C=C\CCCCCCCC(=O)OCCCCCCCCCCCCCCCCCC/C=C\CCCCCCCCCCCCCCCCCCCC(=O)NC(CO)C(O)CCCCCCCCCCCC. The number of aliphatic hydroxyl groups is 2. The zero-order valence-electron chi connectivity index (χ0n) is 51.5. The summed E-state index contributed by atoms with van der Waals surface area (Å²) in [5, 5.41) is 23.2. The Kier molecular flexibility index (Phi) is 64.4. The second kappa shape index (κ2) is 65.9. The van der Waals surface area contributed by atoms with Gasteiger partial charge in [0.05, 0.1) is 25.4 Å². The Hall–Kier alpha value is -1.66. The molecule has 0 aromatic carbocycles. The summed E-state index contributed by atoms with van der Waals surface area (Å²) in [6, 6.07) is -0.536. The Morgan fingerprint density at radius 1 is 0.355 bits per heavy atom. The van der Waals surface area contributed by atoms with Crippen molar-refractivity contribution in [3.63, 3.8) is 0 Å². The molecule has 0 bridgehead atoms. The van der Waals surface area contributed by atoms with Crippen LogP contribution in [0, 0.1) is 0 Å². The predicted octanol–water partition coefficient (Wildman–Crippen LogP) is 22.1. The number of ether oxygens (including phenoxy) is 1. The molecule has 0 radical (unpaired) electrons.